The first-order chi connectivity index (χ1) is 9.92. The van der Waals surface area contributed by atoms with Crippen LogP contribution in [0.5, 0.6) is 11.6 Å². The highest BCUT2D eigenvalue weighted by Gasteiger charge is 2.24. The normalized spacial score (nSPS) is 10.3. The molecular weight excluding hydrogens is 366 g/mol. The lowest BCUT2D eigenvalue weighted by molar-refractivity contribution is -0.386. The van der Waals surface area contributed by atoms with Crippen molar-refractivity contribution >= 4 is 39.2 Å². The Morgan fingerprint density at radius 1 is 1.48 bits per heavy atom. The third kappa shape index (κ3) is 3.38. The molecule has 1 aromatic carbocycles. The van der Waals surface area contributed by atoms with Crippen LogP contribution < -0.4 is 16.0 Å². The van der Waals surface area contributed by atoms with Crippen LogP contribution in [0.15, 0.2) is 22.7 Å². The number of rotatable bonds is 4. The van der Waals surface area contributed by atoms with Crippen molar-refractivity contribution in [2.24, 2.45) is 5.84 Å². The van der Waals surface area contributed by atoms with Gasteiger partial charge in [-0.1, -0.05) is 27.5 Å². The number of hydrazine groups is 1. The number of hydrogen-bond acceptors (Lipinski definition) is 7. The molecule has 8 nitrogen and oxygen atoms in total. The minimum absolute atomic E-state index is 0.00124. The molecule has 1 aromatic heterocycles. The smallest absolute Gasteiger partial charge is 0.352 e. The number of aryl methyl sites for hydroxylation is 1. The van der Waals surface area contributed by atoms with Crippen LogP contribution in [0.3, 0.4) is 0 Å². The molecule has 0 amide bonds. The lowest BCUT2D eigenvalue weighted by atomic mass is 10.3. The summed E-state index contributed by atoms with van der Waals surface area (Å²) in [5.74, 6) is 5.21. The zero-order valence-electron chi connectivity index (χ0n) is 10.6. The van der Waals surface area contributed by atoms with Crippen LogP contribution in [0.25, 0.3) is 0 Å². The molecule has 0 saturated carbocycles. The molecule has 2 rings (SSSR count). The summed E-state index contributed by atoms with van der Waals surface area (Å²) in [5, 5.41) is 11.4. The summed E-state index contributed by atoms with van der Waals surface area (Å²) >= 11 is 9.27. The average molecular weight is 375 g/mol. The van der Waals surface area contributed by atoms with E-state index in [-0.39, 0.29) is 34.0 Å². The van der Waals surface area contributed by atoms with Crippen LogP contribution in [-0.4, -0.2) is 14.9 Å². The Morgan fingerprint density at radius 2 is 2.19 bits per heavy atom. The molecule has 0 spiro atoms. The molecule has 2 aromatic rings. The molecule has 0 saturated heterocycles. The van der Waals surface area contributed by atoms with E-state index < -0.39 is 4.92 Å². The van der Waals surface area contributed by atoms with E-state index in [1.54, 1.807) is 18.2 Å². The number of nitrogen functional groups attached to an aromatic ring is 1. The van der Waals surface area contributed by atoms with Crippen LogP contribution in [0.4, 0.5) is 11.6 Å². The van der Waals surface area contributed by atoms with Crippen molar-refractivity contribution in [3.05, 3.63) is 43.5 Å². The molecule has 0 aliphatic rings. The van der Waals surface area contributed by atoms with E-state index in [1.807, 2.05) is 0 Å². The van der Waals surface area contributed by atoms with Crippen LogP contribution in [-0.2, 0) is 0 Å². The Balaban J connectivity index is 2.51. The zero-order valence-corrected chi connectivity index (χ0v) is 13.0. The predicted octanol–water partition coefficient (Wildman–Crippen LogP) is 3.19. The van der Waals surface area contributed by atoms with E-state index in [0.29, 0.717) is 0 Å². The third-order valence-corrected chi connectivity index (χ3v) is 3.23. The summed E-state index contributed by atoms with van der Waals surface area (Å²) in [6, 6.07) is 4.84. The van der Waals surface area contributed by atoms with Crippen LogP contribution in [0, 0.1) is 17.0 Å². The maximum Gasteiger partial charge on any atom is 0.352 e. The Kier molecular flexibility index (Phi) is 4.56. The van der Waals surface area contributed by atoms with Crippen molar-refractivity contribution in [3.63, 3.8) is 0 Å². The molecule has 10 heteroatoms. The van der Waals surface area contributed by atoms with Gasteiger partial charge in [0.1, 0.15) is 11.4 Å². The number of anilines is 1. The number of halogens is 2. The summed E-state index contributed by atoms with van der Waals surface area (Å²) in [6.07, 6.45) is 0. The van der Waals surface area contributed by atoms with Crippen molar-refractivity contribution in [1.82, 2.24) is 9.97 Å². The van der Waals surface area contributed by atoms with Crippen LogP contribution in [0.1, 0.15) is 5.69 Å². The summed E-state index contributed by atoms with van der Waals surface area (Å²) in [6.45, 7) is 1.46. The highest BCUT2D eigenvalue weighted by Crippen LogP contribution is 2.36. The summed E-state index contributed by atoms with van der Waals surface area (Å²) in [4.78, 5) is 18.2. The van der Waals surface area contributed by atoms with Crippen molar-refractivity contribution in [1.29, 1.82) is 0 Å². The van der Waals surface area contributed by atoms with E-state index in [0.717, 1.165) is 4.47 Å². The molecule has 21 heavy (non-hydrogen) atoms. The lowest BCUT2D eigenvalue weighted by Crippen LogP contribution is -2.12. The number of nitrogens with zero attached hydrogens (tertiary/aromatic N) is 3. The molecule has 110 valence electrons. The highest BCUT2D eigenvalue weighted by atomic mass is 79.9. The van der Waals surface area contributed by atoms with Gasteiger partial charge in [0.05, 0.1) is 9.95 Å². The Labute approximate surface area is 132 Å². The number of nitrogens with one attached hydrogen (secondary N) is 1. The van der Waals surface area contributed by atoms with Crippen molar-refractivity contribution < 1.29 is 9.66 Å². The number of ether oxygens (including phenoxy) is 1. The van der Waals surface area contributed by atoms with Gasteiger partial charge >= 0.3 is 11.6 Å². The molecular formula is C11H9BrClN5O3. The second-order valence-corrected chi connectivity index (χ2v) is 5.19. The van der Waals surface area contributed by atoms with E-state index in [2.05, 4.69) is 31.3 Å². The van der Waals surface area contributed by atoms with E-state index in [9.17, 15) is 10.1 Å². The van der Waals surface area contributed by atoms with Gasteiger partial charge < -0.3 is 4.74 Å². The van der Waals surface area contributed by atoms with Gasteiger partial charge in [0.25, 0.3) is 0 Å². The summed E-state index contributed by atoms with van der Waals surface area (Å²) < 4.78 is 6.19. The first kappa shape index (κ1) is 15.4. The molecule has 0 aliphatic carbocycles. The second-order valence-electron chi connectivity index (χ2n) is 3.86. The topological polar surface area (TPSA) is 116 Å². The number of nitro groups is 1. The number of hydrogen-bond donors (Lipinski definition) is 2. The standard InChI is InChI=1S/C11H9BrClN5O3/c1-5-9(18(19)20)10(16-11(15-5)17-14)21-8-3-2-6(12)4-7(8)13/h2-4H,14H2,1H3,(H,15,16,17). The first-order valence-corrected chi connectivity index (χ1v) is 6.72. The third-order valence-electron chi connectivity index (χ3n) is 2.44. The fourth-order valence-electron chi connectivity index (χ4n) is 1.55. The van der Waals surface area contributed by atoms with Crippen molar-refractivity contribution in [2.45, 2.75) is 6.92 Å². The fraction of sp³-hybridized carbons (Fsp3) is 0.0909. The Bertz CT molecular complexity index is 712. The minimum Gasteiger partial charge on any atom is -0.432 e. The SMILES string of the molecule is Cc1nc(NN)nc(Oc2ccc(Br)cc2Cl)c1[N+](=O)[O-]. The number of benzene rings is 1. The quantitative estimate of drug-likeness (QED) is 0.479. The molecule has 0 unspecified atom stereocenters. The van der Waals surface area contributed by atoms with Gasteiger partial charge in [-0.05, 0) is 25.1 Å². The Morgan fingerprint density at radius 3 is 2.76 bits per heavy atom. The Hall–Kier alpha value is -1.97. The van der Waals surface area contributed by atoms with Gasteiger partial charge in [-0.15, -0.1) is 0 Å². The molecule has 0 bridgehead atoms. The van der Waals surface area contributed by atoms with Gasteiger partial charge in [0.2, 0.25) is 5.95 Å². The zero-order chi connectivity index (χ0) is 15.6. The van der Waals surface area contributed by atoms with E-state index >= 15 is 0 Å². The lowest BCUT2D eigenvalue weighted by Gasteiger charge is -2.09. The first-order valence-electron chi connectivity index (χ1n) is 5.55. The summed E-state index contributed by atoms with van der Waals surface area (Å²) in [7, 11) is 0. The minimum atomic E-state index is -0.627. The molecule has 0 fully saturated rings. The van der Waals surface area contributed by atoms with Crippen LogP contribution in [0.2, 0.25) is 5.02 Å². The van der Waals surface area contributed by atoms with Crippen molar-refractivity contribution in [2.75, 3.05) is 5.43 Å². The van der Waals surface area contributed by atoms with Gasteiger partial charge in [-0.25, -0.2) is 10.8 Å². The predicted molar refractivity (Wildman–Crippen MR) is 80.5 cm³/mol. The highest BCUT2D eigenvalue weighted by molar-refractivity contribution is 9.10. The average Bonchev–Trinajstić information content (AvgIpc) is 2.40. The van der Waals surface area contributed by atoms with Crippen LogP contribution >= 0.6 is 27.5 Å². The largest absolute Gasteiger partial charge is 0.432 e. The number of aromatic nitrogens is 2. The number of nitrogens with two attached hydrogens (primary N) is 1. The van der Waals surface area contributed by atoms with E-state index in [1.165, 1.54) is 6.92 Å². The monoisotopic (exact) mass is 373 g/mol. The van der Waals surface area contributed by atoms with E-state index in [4.69, 9.17) is 22.2 Å². The molecule has 0 radical (unpaired) electrons. The maximum absolute atomic E-state index is 11.1. The fourth-order valence-corrected chi connectivity index (χ4v) is 2.26. The van der Waals surface area contributed by atoms with Crippen molar-refractivity contribution in [3.8, 4) is 11.6 Å². The van der Waals surface area contributed by atoms with Gasteiger partial charge in [0.15, 0.2) is 0 Å². The molecule has 0 atom stereocenters. The van der Waals surface area contributed by atoms with Gasteiger partial charge in [-0.2, -0.15) is 4.98 Å². The maximum atomic E-state index is 11.1. The molecule has 3 N–H and O–H groups in total. The van der Waals surface area contributed by atoms with Gasteiger partial charge in [0, 0.05) is 4.47 Å². The molecule has 0 aliphatic heterocycles. The van der Waals surface area contributed by atoms with Gasteiger partial charge in [-0.3, -0.25) is 15.5 Å². The summed E-state index contributed by atoms with van der Waals surface area (Å²) in [5.41, 5.74) is 1.98. The second kappa shape index (κ2) is 6.20. The molecule has 1 heterocycles.